The summed E-state index contributed by atoms with van der Waals surface area (Å²) in [6, 6.07) is 3.25. The van der Waals surface area contributed by atoms with Crippen LogP contribution in [0.3, 0.4) is 0 Å². The van der Waals surface area contributed by atoms with Gasteiger partial charge in [-0.05, 0) is 66.2 Å². The van der Waals surface area contributed by atoms with E-state index in [1.54, 1.807) is 26.8 Å². The molecule has 0 radical (unpaired) electrons. The van der Waals surface area contributed by atoms with Crippen LogP contribution in [0.15, 0.2) is 18.7 Å². The number of rotatable bonds is 5. The first kappa shape index (κ1) is 29.6. The molecule has 4 aliphatic carbocycles. The fourth-order valence-corrected chi connectivity index (χ4v) is 9.32. The van der Waals surface area contributed by atoms with E-state index in [0.29, 0.717) is 11.5 Å². The van der Waals surface area contributed by atoms with Crippen molar-refractivity contribution in [1.82, 2.24) is 0 Å². The molecule has 1 aromatic carbocycles. The molecule has 0 amide bonds. The number of Topliss-reactive ketones (excluding diaryl/α,β-unsaturated/α-hetero) is 5. The van der Waals surface area contributed by atoms with Crippen molar-refractivity contribution in [2.75, 3.05) is 0 Å². The van der Waals surface area contributed by atoms with Crippen LogP contribution >= 0.6 is 0 Å². The second-order valence-corrected chi connectivity index (χ2v) is 14.1. The standard InChI is InChI=1S/C34H42O7/c1-17(2)26-28(37)24(19(4)35)30(39)34(41)31(40)27-29(38)25-22(15-32(27,5)16-33(26,34)6)21(12-13-23(25)36)18(3)14-20-10-8-7-9-11-20/h12-13,17,20,24,26-27,36,41H,3,7-11,14-16H2,1-2,4-6H3/t24?,26?,27?,32-,33-,34+/m1/s1. The number of hydrogen-bond acceptors (Lipinski definition) is 7. The first-order chi connectivity index (χ1) is 19.1. The van der Waals surface area contributed by atoms with Crippen LogP contribution in [0.5, 0.6) is 5.75 Å². The van der Waals surface area contributed by atoms with Crippen molar-refractivity contribution in [1.29, 1.82) is 0 Å². The number of carbonyl (C=O) groups excluding carboxylic acids is 5. The summed E-state index contributed by atoms with van der Waals surface area (Å²) in [6.45, 7) is 12.5. The Morgan fingerprint density at radius 1 is 1.05 bits per heavy atom. The van der Waals surface area contributed by atoms with Gasteiger partial charge in [0.15, 0.2) is 28.7 Å². The van der Waals surface area contributed by atoms with E-state index in [1.165, 1.54) is 25.3 Å². The van der Waals surface area contributed by atoms with Crippen LogP contribution in [0, 0.1) is 40.4 Å². The van der Waals surface area contributed by atoms with Crippen LogP contribution in [-0.2, 0) is 25.6 Å². The molecular formula is C34H42O7. The number of allylic oxidation sites excluding steroid dienone is 1. The van der Waals surface area contributed by atoms with Crippen molar-refractivity contribution in [3.05, 3.63) is 35.4 Å². The zero-order valence-electron chi connectivity index (χ0n) is 24.8. The number of benzene rings is 1. The molecule has 6 atom stereocenters. The molecule has 41 heavy (non-hydrogen) atoms. The quantitative estimate of drug-likeness (QED) is 0.480. The van der Waals surface area contributed by atoms with Crippen molar-refractivity contribution in [3.8, 4) is 5.75 Å². The summed E-state index contributed by atoms with van der Waals surface area (Å²) in [7, 11) is 0. The number of hydrogen-bond donors (Lipinski definition) is 2. The highest BCUT2D eigenvalue weighted by molar-refractivity contribution is 6.32. The Labute approximate surface area is 241 Å². The number of aromatic hydroxyl groups is 1. The molecule has 5 rings (SSSR count). The van der Waals surface area contributed by atoms with Crippen molar-refractivity contribution < 1.29 is 34.2 Å². The molecule has 7 nitrogen and oxygen atoms in total. The summed E-state index contributed by atoms with van der Waals surface area (Å²) in [6.07, 6.45) is 6.94. The topological polar surface area (TPSA) is 126 Å². The van der Waals surface area contributed by atoms with E-state index in [4.69, 9.17) is 0 Å². The predicted octanol–water partition coefficient (Wildman–Crippen LogP) is 5.08. The molecule has 0 heterocycles. The number of phenols is 1. The van der Waals surface area contributed by atoms with Gasteiger partial charge >= 0.3 is 0 Å². The predicted molar refractivity (Wildman–Crippen MR) is 153 cm³/mol. The van der Waals surface area contributed by atoms with E-state index in [2.05, 4.69) is 6.58 Å². The smallest absolute Gasteiger partial charge is 0.190 e. The number of aliphatic hydroxyl groups is 1. The third-order valence-electron chi connectivity index (χ3n) is 10.9. The Bertz CT molecular complexity index is 1380. The van der Waals surface area contributed by atoms with Gasteiger partial charge in [0, 0.05) is 11.3 Å². The lowest BCUT2D eigenvalue weighted by molar-refractivity contribution is -0.205. The zero-order valence-corrected chi connectivity index (χ0v) is 24.8. The first-order valence-electron chi connectivity index (χ1n) is 15.0. The monoisotopic (exact) mass is 562 g/mol. The summed E-state index contributed by atoms with van der Waals surface area (Å²) < 4.78 is 0. The summed E-state index contributed by atoms with van der Waals surface area (Å²) in [5.74, 6) is -8.22. The van der Waals surface area contributed by atoms with Crippen molar-refractivity contribution in [2.24, 2.45) is 40.4 Å². The molecular weight excluding hydrogens is 520 g/mol. The molecule has 3 saturated carbocycles. The van der Waals surface area contributed by atoms with E-state index in [9.17, 15) is 34.2 Å². The third kappa shape index (κ3) is 4.05. The minimum absolute atomic E-state index is 0.0400. The summed E-state index contributed by atoms with van der Waals surface area (Å²) >= 11 is 0. The van der Waals surface area contributed by atoms with Crippen LogP contribution in [0.25, 0.3) is 5.57 Å². The fraction of sp³-hybridized carbons (Fsp3) is 0.618. The number of phenolic OH excluding ortho intramolecular Hbond substituents is 1. The molecule has 220 valence electrons. The van der Waals surface area contributed by atoms with Gasteiger partial charge in [0.1, 0.15) is 17.5 Å². The summed E-state index contributed by atoms with van der Waals surface area (Å²) in [4.78, 5) is 68.5. The maximum atomic E-state index is 14.4. The van der Waals surface area contributed by atoms with Crippen molar-refractivity contribution >= 4 is 34.5 Å². The molecule has 0 bridgehead atoms. The Kier molecular flexibility index (Phi) is 7.08. The zero-order chi connectivity index (χ0) is 30.2. The van der Waals surface area contributed by atoms with Gasteiger partial charge in [-0.15, -0.1) is 0 Å². The molecule has 1 aromatic rings. The van der Waals surface area contributed by atoms with Gasteiger partial charge in [-0.25, -0.2) is 0 Å². The molecule has 3 fully saturated rings. The second-order valence-electron chi connectivity index (χ2n) is 14.1. The molecule has 2 N–H and O–H groups in total. The molecule has 0 spiro atoms. The second kappa shape index (κ2) is 9.82. The number of carbonyl (C=O) groups is 5. The average Bonchev–Trinajstić information content (AvgIpc) is 2.86. The van der Waals surface area contributed by atoms with Crippen LogP contribution in [0.1, 0.15) is 101 Å². The van der Waals surface area contributed by atoms with Gasteiger partial charge in [0.25, 0.3) is 0 Å². The number of fused-ring (bicyclic) bond motifs is 3. The van der Waals surface area contributed by atoms with Gasteiger partial charge in [-0.3, -0.25) is 24.0 Å². The highest BCUT2D eigenvalue weighted by Gasteiger charge is 2.76. The Hall–Kier alpha value is -2.93. The van der Waals surface area contributed by atoms with Gasteiger partial charge < -0.3 is 10.2 Å². The Morgan fingerprint density at radius 2 is 1.68 bits per heavy atom. The van der Waals surface area contributed by atoms with E-state index in [0.717, 1.165) is 37.3 Å². The van der Waals surface area contributed by atoms with Crippen LogP contribution in [0.2, 0.25) is 0 Å². The number of ketones is 5. The lowest BCUT2D eigenvalue weighted by atomic mass is 9.40. The van der Waals surface area contributed by atoms with Crippen LogP contribution in [0.4, 0.5) is 0 Å². The minimum Gasteiger partial charge on any atom is -0.507 e. The maximum absolute atomic E-state index is 14.4. The molecule has 0 saturated heterocycles. The van der Waals surface area contributed by atoms with E-state index < -0.39 is 63.1 Å². The van der Waals surface area contributed by atoms with Crippen LogP contribution < -0.4 is 0 Å². The summed E-state index contributed by atoms with van der Waals surface area (Å²) in [5, 5.41) is 23.0. The highest BCUT2D eigenvalue weighted by Crippen LogP contribution is 2.64. The van der Waals surface area contributed by atoms with Gasteiger partial charge in [0.05, 0.1) is 11.5 Å². The van der Waals surface area contributed by atoms with Gasteiger partial charge in [-0.1, -0.05) is 72.4 Å². The molecule has 0 aromatic heterocycles. The highest BCUT2D eigenvalue weighted by atomic mass is 16.3. The Morgan fingerprint density at radius 3 is 2.27 bits per heavy atom. The van der Waals surface area contributed by atoms with Crippen LogP contribution in [-0.4, -0.2) is 44.7 Å². The summed E-state index contributed by atoms with van der Waals surface area (Å²) in [5.41, 5.74) is -2.88. The lowest BCUT2D eigenvalue weighted by Crippen LogP contribution is -2.76. The van der Waals surface area contributed by atoms with Gasteiger partial charge in [-0.2, -0.15) is 0 Å². The Balaban J connectivity index is 1.64. The largest absolute Gasteiger partial charge is 0.507 e. The molecule has 0 aliphatic heterocycles. The maximum Gasteiger partial charge on any atom is 0.190 e. The third-order valence-corrected chi connectivity index (χ3v) is 10.9. The molecule has 4 aliphatic rings. The normalized spacial score (nSPS) is 35.6. The molecule has 7 heteroatoms. The van der Waals surface area contributed by atoms with Gasteiger partial charge in [0.2, 0.25) is 0 Å². The van der Waals surface area contributed by atoms with E-state index in [-0.39, 0.29) is 30.1 Å². The SMILES string of the molecule is C=C(CC1CCCCC1)c1ccc(O)c2c1C[C@]1(C)C[C@]3(C)C(C(C)C)C(=O)C(C(C)=O)C(=O)[C@]3(O)C(=O)C1C2=O. The fourth-order valence-electron chi connectivity index (χ4n) is 9.32. The average molecular weight is 563 g/mol. The van der Waals surface area contributed by atoms with E-state index in [1.807, 2.05) is 6.92 Å². The minimum atomic E-state index is -2.68. The van der Waals surface area contributed by atoms with E-state index >= 15 is 0 Å². The molecule has 3 unspecified atom stereocenters. The van der Waals surface area contributed by atoms with Crippen molar-refractivity contribution in [2.45, 2.75) is 91.6 Å². The van der Waals surface area contributed by atoms with Crippen molar-refractivity contribution in [3.63, 3.8) is 0 Å². The first-order valence-corrected chi connectivity index (χ1v) is 15.0. The lowest BCUT2D eigenvalue weighted by Gasteiger charge is -2.62.